The summed E-state index contributed by atoms with van der Waals surface area (Å²) in [6.45, 7) is 0. The van der Waals surface area contributed by atoms with Crippen LogP contribution in [0.3, 0.4) is 0 Å². The van der Waals surface area contributed by atoms with E-state index in [1.807, 2.05) is 6.26 Å². The second kappa shape index (κ2) is 7.33. The van der Waals surface area contributed by atoms with Crippen molar-refractivity contribution in [3.63, 3.8) is 0 Å². The Hall–Kier alpha value is -0.970. The molecule has 0 aliphatic heterocycles. The number of hydrogen-bond acceptors (Lipinski definition) is 4. The van der Waals surface area contributed by atoms with Gasteiger partial charge in [0.1, 0.15) is 0 Å². The third-order valence-corrected chi connectivity index (χ3v) is 3.07. The van der Waals surface area contributed by atoms with Crippen LogP contribution in [0, 0.1) is 10.1 Å². The smallest absolute Gasteiger partial charge is 0.285 e. The lowest BCUT2D eigenvalue weighted by molar-refractivity contribution is -0.419. The van der Waals surface area contributed by atoms with Crippen LogP contribution in [0.15, 0.2) is 23.4 Å². The van der Waals surface area contributed by atoms with E-state index in [0.29, 0.717) is 6.04 Å². The quantitative estimate of drug-likeness (QED) is 0.457. The molecular formula is C11H18N2O2S. The van der Waals surface area contributed by atoms with Gasteiger partial charge in [-0.2, -0.15) is 0 Å². The third-order valence-electron chi connectivity index (χ3n) is 2.66. The van der Waals surface area contributed by atoms with Gasteiger partial charge in [-0.05, 0) is 24.5 Å². The Balaban J connectivity index is 2.49. The predicted molar refractivity (Wildman–Crippen MR) is 67.7 cm³/mol. The van der Waals surface area contributed by atoms with Gasteiger partial charge in [0.15, 0.2) is 0 Å². The average molecular weight is 242 g/mol. The Morgan fingerprint density at radius 3 is 2.69 bits per heavy atom. The molecule has 1 rings (SSSR count). The second-order valence-electron chi connectivity index (χ2n) is 3.87. The predicted octanol–water partition coefficient (Wildman–Crippen LogP) is 2.90. The van der Waals surface area contributed by atoms with E-state index in [1.54, 1.807) is 5.41 Å². The lowest BCUT2D eigenvalue weighted by Gasteiger charge is -2.21. The Morgan fingerprint density at radius 1 is 1.44 bits per heavy atom. The Morgan fingerprint density at radius 2 is 2.12 bits per heavy atom. The highest BCUT2D eigenvalue weighted by atomic mass is 32.2. The van der Waals surface area contributed by atoms with Crippen LogP contribution in [0.25, 0.3) is 0 Å². The zero-order valence-electron chi connectivity index (χ0n) is 9.52. The summed E-state index contributed by atoms with van der Waals surface area (Å²) >= 11 is 1.46. The van der Waals surface area contributed by atoms with Gasteiger partial charge < -0.3 is 5.32 Å². The van der Waals surface area contributed by atoms with Crippen LogP contribution in [-0.2, 0) is 0 Å². The first-order valence-corrected chi connectivity index (χ1v) is 6.83. The van der Waals surface area contributed by atoms with Crippen molar-refractivity contribution in [1.82, 2.24) is 5.32 Å². The third kappa shape index (κ3) is 4.70. The number of rotatable bonds is 5. The molecule has 0 aromatic rings. The zero-order valence-corrected chi connectivity index (χ0v) is 10.3. The fraction of sp³-hybridized carbons (Fsp3) is 0.636. The first-order valence-electron chi connectivity index (χ1n) is 5.54. The molecule has 5 heteroatoms. The zero-order chi connectivity index (χ0) is 11.8. The number of thioether (sulfide) groups is 1. The molecule has 0 spiro atoms. The van der Waals surface area contributed by atoms with Crippen molar-refractivity contribution in [2.75, 3.05) is 6.26 Å². The maximum atomic E-state index is 10.7. The lowest BCUT2D eigenvalue weighted by Crippen LogP contribution is -2.27. The normalized spacial score (nSPS) is 18.9. The van der Waals surface area contributed by atoms with Gasteiger partial charge >= 0.3 is 0 Å². The van der Waals surface area contributed by atoms with E-state index in [-0.39, 0.29) is 10.6 Å². The van der Waals surface area contributed by atoms with Crippen LogP contribution in [0.1, 0.15) is 32.1 Å². The summed E-state index contributed by atoms with van der Waals surface area (Å²) < 4.78 is 0. The van der Waals surface area contributed by atoms with E-state index in [0.717, 1.165) is 12.8 Å². The van der Waals surface area contributed by atoms with E-state index in [9.17, 15) is 10.1 Å². The van der Waals surface area contributed by atoms with E-state index in [1.165, 1.54) is 43.3 Å². The number of nitrogens with zero attached hydrogens (tertiary/aromatic N) is 1. The van der Waals surface area contributed by atoms with Gasteiger partial charge in [-0.3, -0.25) is 10.1 Å². The molecular weight excluding hydrogens is 224 g/mol. The highest BCUT2D eigenvalue weighted by molar-refractivity contribution is 8.01. The van der Waals surface area contributed by atoms with Crippen molar-refractivity contribution < 1.29 is 4.92 Å². The molecule has 0 amide bonds. The molecule has 0 bridgehead atoms. The number of nitro groups is 1. The van der Waals surface area contributed by atoms with Crippen molar-refractivity contribution in [2.24, 2.45) is 0 Å². The van der Waals surface area contributed by atoms with Gasteiger partial charge in [-0.1, -0.05) is 19.3 Å². The first-order chi connectivity index (χ1) is 7.74. The molecule has 0 aromatic heterocycles. The van der Waals surface area contributed by atoms with Crippen molar-refractivity contribution in [3.8, 4) is 0 Å². The minimum absolute atomic E-state index is 0.125. The van der Waals surface area contributed by atoms with Gasteiger partial charge in [0.2, 0.25) is 0 Å². The van der Waals surface area contributed by atoms with Crippen LogP contribution >= 0.6 is 11.8 Å². The van der Waals surface area contributed by atoms with Crippen molar-refractivity contribution in [1.29, 1.82) is 0 Å². The van der Waals surface area contributed by atoms with Crippen molar-refractivity contribution in [2.45, 2.75) is 38.1 Å². The molecule has 0 atom stereocenters. The number of hydrogen-bond donors (Lipinski definition) is 1. The van der Waals surface area contributed by atoms with E-state index in [4.69, 9.17) is 0 Å². The molecule has 0 aromatic carbocycles. The monoisotopic (exact) mass is 242 g/mol. The minimum atomic E-state index is -0.359. The fourth-order valence-electron chi connectivity index (χ4n) is 1.77. The molecule has 90 valence electrons. The standard InChI is InChI=1S/C11H18N2O2S/c1-16-8-7-11(13(14)15)9-12-10-5-3-2-4-6-10/h7-10,12H,2-6H2,1H3/b8-7-,11-9-. The van der Waals surface area contributed by atoms with Gasteiger partial charge in [0, 0.05) is 12.1 Å². The summed E-state index contributed by atoms with van der Waals surface area (Å²) in [6.07, 6.45) is 10.9. The van der Waals surface area contributed by atoms with Crippen LogP contribution < -0.4 is 5.32 Å². The molecule has 1 aliphatic carbocycles. The molecule has 4 nitrogen and oxygen atoms in total. The Labute approximate surface area is 100 Å². The molecule has 0 radical (unpaired) electrons. The molecule has 16 heavy (non-hydrogen) atoms. The summed E-state index contributed by atoms with van der Waals surface area (Å²) in [5.41, 5.74) is 0.125. The molecule has 0 saturated heterocycles. The van der Waals surface area contributed by atoms with Crippen LogP contribution in [0.4, 0.5) is 0 Å². The number of nitrogens with one attached hydrogen (secondary N) is 1. The van der Waals surface area contributed by atoms with Crippen LogP contribution in [-0.4, -0.2) is 17.2 Å². The molecule has 0 heterocycles. The molecule has 1 fully saturated rings. The number of allylic oxidation sites excluding steroid dienone is 1. The largest absolute Gasteiger partial charge is 0.383 e. The molecule has 1 aliphatic rings. The summed E-state index contributed by atoms with van der Waals surface area (Å²) in [4.78, 5) is 10.4. The van der Waals surface area contributed by atoms with Crippen LogP contribution in [0.2, 0.25) is 0 Å². The van der Waals surface area contributed by atoms with Crippen LogP contribution in [0.5, 0.6) is 0 Å². The fourth-order valence-corrected chi connectivity index (χ4v) is 2.05. The summed E-state index contributed by atoms with van der Waals surface area (Å²) in [5.74, 6) is 0. The maximum absolute atomic E-state index is 10.7. The first kappa shape index (κ1) is 13.1. The van der Waals surface area contributed by atoms with Gasteiger partial charge in [0.25, 0.3) is 5.70 Å². The lowest BCUT2D eigenvalue weighted by atomic mass is 9.96. The molecule has 0 unspecified atom stereocenters. The van der Waals surface area contributed by atoms with Crippen molar-refractivity contribution >= 4 is 11.8 Å². The minimum Gasteiger partial charge on any atom is -0.383 e. The topological polar surface area (TPSA) is 55.2 Å². The molecule has 1 saturated carbocycles. The summed E-state index contributed by atoms with van der Waals surface area (Å²) in [7, 11) is 0. The summed E-state index contributed by atoms with van der Waals surface area (Å²) in [6, 6.07) is 0.409. The summed E-state index contributed by atoms with van der Waals surface area (Å²) in [5, 5.41) is 15.6. The molecule has 1 N–H and O–H groups in total. The van der Waals surface area contributed by atoms with E-state index >= 15 is 0 Å². The van der Waals surface area contributed by atoms with E-state index < -0.39 is 0 Å². The Bertz CT molecular complexity index is 284. The maximum Gasteiger partial charge on any atom is 0.285 e. The van der Waals surface area contributed by atoms with Gasteiger partial charge in [0.05, 0.1) is 11.1 Å². The highest BCUT2D eigenvalue weighted by Crippen LogP contribution is 2.17. The van der Waals surface area contributed by atoms with Gasteiger partial charge in [-0.15, -0.1) is 11.8 Å². The van der Waals surface area contributed by atoms with Crippen molar-refractivity contribution in [3.05, 3.63) is 33.5 Å². The Kier molecular flexibility index (Phi) is 6.00. The second-order valence-corrected chi connectivity index (χ2v) is 4.61. The van der Waals surface area contributed by atoms with E-state index in [2.05, 4.69) is 5.32 Å². The SMILES string of the molecule is CS/C=C\C(=C\NC1CCCCC1)[N+](=O)[O-]. The van der Waals surface area contributed by atoms with Gasteiger partial charge in [-0.25, -0.2) is 0 Å². The highest BCUT2D eigenvalue weighted by Gasteiger charge is 2.13. The average Bonchev–Trinajstić information content (AvgIpc) is 2.30.